The van der Waals surface area contributed by atoms with Crippen molar-refractivity contribution in [3.8, 4) is 0 Å². The van der Waals surface area contributed by atoms with Gasteiger partial charge in [-0.05, 0) is 40.4 Å². The second kappa shape index (κ2) is 7.99. The van der Waals surface area contributed by atoms with E-state index in [1.54, 1.807) is 0 Å². The topological polar surface area (TPSA) is 72.9 Å². The van der Waals surface area contributed by atoms with Gasteiger partial charge >= 0.3 is 0 Å². The molecule has 0 saturated carbocycles. The molecule has 0 amide bonds. The number of nitrogens with one attached hydrogen (secondary N) is 1. The highest BCUT2D eigenvalue weighted by Gasteiger charge is 2.19. The maximum atomic E-state index is 11.8. The van der Waals surface area contributed by atoms with Crippen LogP contribution in [0.5, 0.6) is 0 Å². The third kappa shape index (κ3) is 7.67. The molecule has 6 nitrogen and oxygen atoms in total. The van der Waals surface area contributed by atoms with Crippen LogP contribution in [0.1, 0.15) is 19.8 Å². The van der Waals surface area contributed by atoms with Crippen molar-refractivity contribution in [1.29, 1.82) is 0 Å². The Hall–Kier alpha value is -0.210. The summed E-state index contributed by atoms with van der Waals surface area (Å²) in [4.78, 5) is 2.01. The molecule has 0 aliphatic carbocycles. The second-order valence-electron chi connectivity index (χ2n) is 4.51. The molecule has 17 heavy (non-hydrogen) atoms. The fraction of sp³-hybridized carbons (Fsp3) is 1.00. The van der Waals surface area contributed by atoms with Gasteiger partial charge in [-0.25, -0.2) is 0 Å². The molecule has 0 fully saturated rings. The largest absolute Gasteiger partial charge is 0.396 e. The predicted molar refractivity (Wildman–Crippen MR) is 69.0 cm³/mol. The molecule has 0 spiro atoms. The van der Waals surface area contributed by atoms with Gasteiger partial charge in [-0.15, -0.1) is 0 Å². The predicted octanol–water partition coefficient (Wildman–Crippen LogP) is -0.525. The molecule has 0 aromatic rings. The molecule has 0 aliphatic rings. The van der Waals surface area contributed by atoms with Crippen LogP contribution in [0.15, 0.2) is 0 Å². The summed E-state index contributed by atoms with van der Waals surface area (Å²) in [5, 5.41) is 8.66. The van der Waals surface area contributed by atoms with E-state index in [9.17, 15) is 8.42 Å². The van der Waals surface area contributed by atoms with Crippen LogP contribution in [0.2, 0.25) is 0 Å². The van der Waals surface area contributed by atoms with Crippen molar-refractivity contribution in [3.05, 3.63) is 0 Å². The Balaban J connectivity index is 4.14. The summed E-state index contributed by atoms with van der Waals surface area (Å²) in [6.07, 6.45) is 1.21. The van der Waals surface area contributed by atoms with Gasteiger partial charge in [0.25, 0.3) is 10.2 Å². The van der Waals surface area contributed by atoms with E-state index in [2.05, 4.69) is 4.72 Å². The fourth-order valence-electron chi connectivity index (χ4n) is 1.27. The van der Waals surface area contributed by atoms with E-state index in [1.807, 2.05) is 25.9 Å². The average Bonchev–Trinajstić information content (AvgIpc) is 2.22. The second-order valence-corrected chi connectivity index (χ2v) is 6.32. The van der Waals surface area contributed by atoms with Gasteiger partial charge in [0.15, 0.2) is 0 Å². The highest BCUT2D eigenvalue weighted by atomic mass is 32.2. The van der Waals surface area contributed by atoms with E-state index < -0.39 is 10.2 Å². The first-order chi connectivity index (χ1) is 7.79. The highest BCUT2D eigenvalue weighted by Crippen LogP contribution is 2.00. The Kier molecular flexibility index (Phi) is 7.89. The average molecular weight is 267 g/mol. The lowest BCUT2D eigenvalue weighted by Crippen LogP contribution is -2.43. The Morgan fingerprint density at radius 2 is 1.82 bits per heavy atom. The molecule has 0 rings (SSSR count). The Labute approximate surface area is 105 Å². The molecule has 1 unspecified atom stereocenters. The van der Waals surface area contributed by atoms with Crippen LogP contribution < -0.4 is 4.72 Å². The number of hydrogen-bond acceptors (Lipinski definition) is 4. The molecule has 0 bridgehead atoms. The van der Waals surface area contributed by atoms with Crippen LogP contribution in [0.25, 0.3) is 0 Å². The number of hydrogen-bond donors (Lipinski definition) is 2. The molecule has 1 atom stereocenters. The molecule has 0 aliphatic heterocycles. The van der Waals surface area contributed by atoms with E-state index in [4.69, 9.17) is 5.11 Å². The van der Waals surface area contributed by atoms with E-state index in [0.717, 1.165) is 13.0 Å². The van der Waals surface area contributed by atoms with Crippen LogP contribution >= 0.6 is 0 Å². The van der Waals surface area contributed by atoms with Crippen molar-refractivity contribution < 1.29 is 13.5 Å². The minimum atomic E-state index is -3.43. The van der Waals surface area contributed by atoms with Gasteiger partial charge in [-0.1, -0.05) is 0 Å². The van der Waals surface area contributed by atoms with Gasteiger partial charge in [-0.3, -0.25) is 0 Å². The SMILES string of the molecule is CC(CCN(C)C)NS(=O)(=O)N(C)CCCO. The van der Waals surface area contributed by atoms with Crippen molar-refractivity contribution in [3.63, 3.8) is 0 Å². The Morgan fingerprint density at radius 3 is 2.29 bits per heavy atom. The monoisotopic (exact) mass is 267 g/mol. The van der Waals surface area contributed by atoms with Gasteiger partial charge in [-0.2, -0.15) is 17.4 Å². The summed E-state index contributed by atoms with van der Waals surface area (Å²) in [6.45, 7) is 3.01. The lowest BCUT2D eigenvalue weighted by Gasteiger charge is -2.21. The van der Waals surface area contributed by atoms with Gasteiger partial charge in [0, 0.05) is 26.2 Å². The van der Waals surface area contributed by atoms with Gasteiger partial charge in [0.05, 0.1) is 0 Å². The molecular formula is C10H25N3O3S. The normalized spacial score (nSPS) is 14.5. The summed E-state index contributed by atoms with van der Waals surface area (Å²) in [5.41, 5.74) is 0. The van der Waals surface area contributed by atoms with E-state index >= 15 is 0 Å². The first-order valence-electron chi connectivity index (χ1n) is 5.78. The summed E-state index contributed by atoms with van der Waals surface area (Å²) in [5.74, 6) is 0. The smallest absolute Gasteiger partial charge is 0.279 e. The van der Waals surface area contributed by atoms with Crippen LogP contribution in [-0.4, -0.2) is 69.6 Å². The Bertz CT molecular complexity index is 293. The van der Waals surface area contributed by atoms with Crippen molar-refractivity contribution in [2.24, 2.45) is 0 Å². The van der Waals surface area contributed by atoms with E-state index in [0.29, 0.717) is 13.0 Å². The number of aliphatic hydroxyl groups is 1. The summed E-state index contributed by atoms with van der Waals surface area (Å²) in [7, 11) is 1.99. The molecule has 0 heterocycles. The minimum Gasteiger partial charge on any atom is -0.396 e. The minimum absolute atomic E-state index is 0.00393. The zero-order valence-electron chi connectivity index (χ0n) is 11.2. The van der Waals surface area contributed by atoms with E-state index in [1.165, 1.54) is 11.4 Å². The van der Waals surface area contributed by atoms with Crippen LogP contribution in [-0.2, 0) is 10.2 Å². The van der Waals surface area contributed by atoms with Gasteiger partial charge < -0.3 is 10.0 Å². The first kappa shape index (κ1) is 16.8. The lowest BCUT2D eigenvalue weighted by molar-refractivity contribution is 0.275. The standard InChI is InChI=1S/C10H25N3O3S/c1-10(6-8-12(2)3)11-17(15,16)13(4)7-5-9-14/h10-11,14H,5-9H2,1-4H3. The van der Waals surface area contributed by atoms with Crippen molar-refractivity contribution in [1.82, 2.24) is 13.9 Å². The molecule has 7 heteroatoms. The van der Waals surface area contributed by atoms with Gasteiger partial charge in [0.1, 0.15) is 0 Å². The zero-order chi connectivity index (χ0) is 13.5. The Morgan fingerprint density at radius 1 is 1.24 bits per heavy atom. The summed E-state index contributed by atoms with van der Waals surface area (Å²) in [6, 6.07) is -0.0982. The van der Waals surface area contributed by atoms with Crippen LogP contribution in [0.3, 0.4) is 0 Å². The number of rotatable bonds is 9. The van der Waals surface area contributed by atoms with Crippen LogP contribution in [0.4, 0.5) is 0 Å². The molecule has 2 N–H and O–H groups in total. The number of nitrogens with zero attached hydrogens (tertiary/aromatic N) is 2. The lowest BCUT2D eigenvalue weighted by atomic mass is 10.2. The summed E-state index contributed by atoms with van der Waals surface area (Å²) >= 11 is 0. The highest BCUT2D eigenvalue weighted by molar-refractivity contribution is 7.87. The molecular weight excluding hydrogens is 242 g/mol. The molecule has 0 aromatic carbocycles. The van der Waals surface area contributed by atoms with Crippen molar-refractivity contribution in [2.75, 3.05) is 40.8 Å². The summed E-state index contributed by atoms with van der Waals surface area (Å²) < 4.78 is 27.5. The molecule has 0 radical (unpaired) electrons. The quantitative estimate of drug-likeness (QED) is 0.589. The zero-order valence-corrected chi connectivity index (χ0v) is 12.0. The van der Waals surface area contributed by atoms with Crippen molar-refractivity contribution >= 4 is 10.2 Å². The van der Waals surface area contributed by atoms with Crippen LogP contribution in [0, 0.1) is 0 Å². The first-order valence-corrected chi connectivity index (χ1v) is 7.22. The van der Waals surface area contributed by atoms with Crippen molar-refractivity contribution in [2.45, 2.75) is 25.8 Å². The molecule has 104 valence electrons. The third-order valence-corrected chi connectivity index (χ3v) is 4.10. The number of aliphatic hydroxyl groups excluding tert-OH is 1. The fourth-order valence-corrected chi connectivity index (χ4v) is 2.44. The maximum Gasteiger partial charge on any atom is 0.279 e. The van der Waals surface area contributed by atoms with Gasteiger partial charge in [0.2, 0.25) is 0 Å². The molecule has 0 aromatic heterocycles. The van der Waals surface area contributed by atoms with E-state index in [-0.39, 0.29) is 12.6 Å². The third-order valence-electron chi connectivity index (χ3n) is 2.40. The molecule has 0 saturated heterocycles. The maximum absolute atomic E-state index is 11.8.